The number of hydrogen-bond acceptors (Lipinski definition) is 8. The van der Waals surface area contributed by atoms with Gasteiger partial charge in [0.25, 0.3) is 5.56 Å². The van der Waals surface area contributed by atoms with Gasteiger partial charge < -0.3 is 19.2 Å². The van der Waals surface area contributed by atoms with Gasteiger partial charge in [-0.1, -0.05) is 43.3 Å². The van der Waals surface area contributed by atoms with E-state index in [1.54, 1.807) is 42.9 Å². The van der Waals surface area contributed by atoms with Gasteiger partial charge in [-0.3, -0.25) is 4.79 Å². The number of anilines is 1. The number of nitrogens with one attached hydrogen (secondary N) is 1. The number of benzene rings is 3. The maximum Gasteiger partial charge on any atom is 0.259 e. The molecule has 1 aliphatic rings. The lowest BCUT2D eigenvalue weighted by molar-refractivity contribution is 0.318. The lowest BCUT2D eigenvalue weighted by Crippen LogP contribution is -2.48. The molecular formula is C34H33N7O4S. The van der Waals surface area contributed by atoms with E-state index in [1.807, 2.05) is 60.0 Å². The highest BCUT2D eigenvalue weighted by molar-refractivity contribution is 7.89. The predicted molar refractivity (Wildman–Crippen MR) is 178 cm³/mol. The molecule has 11 nitrogen and oxygen atoms in total. The number of sulfonamides is 1. The molecule has 6 aromatic rings. The molecule has 1 fully saturated rings. The second-order valence-corrected chi connectivity index (χ2v) is 13.2. The Morgan fingerprint density at radius 2 is 1.70 bits per heavy atom. The Hall–Kier alpha value is -5.07. The summed E-state index contributed by atoms with van der Waals surface area (Å²) in [5.41, 5.74) is 3.16. The van der Waals surface area contributed by atoms with Crippen molar-refractivity contribution in [1.29, 1.82) is 0 Å². The summed E-state index contributed by atoms with van der Waals surface area (Å²) in [6.07, 6.45) is 4.24. The zero-order valence-electron chi connectivity index (χ0n) is 25.3. The van der Waals surface area contributed by atoms with Crippen LogP contribution in [-0.2, 0) is 16.6 Å². The first-order valence-electron chi connectivity index (χ1n) is 15.3. The van der Waals surface area contributed by atoms with Gasteiger partial charge in [-0.15, -0.1) is 0 Å². The van der Waals surface area contributed by atoms with Gasteiger partial charge in [-0.2, -0.15) is 4.31 Å². The third kappa shape index (κ3) is 5.72. The summed E-state index contributed by atoms with van der Waals surface area (Å²) >= 11 is 0. The van der Waals surface area contributed by atoms with Gasteiger partial charge in [0, 0.05) is 38.9 Å². The maximum absolute atomic E-state index is 13.8. The van der Waals surface area contributed by atoms with Gasteiger partial charge in [0.15, 0.2) is 0 Å². The van der Waals surface area contributed by atoms with Crippen LogP contribution < -0.4 is 15.2 Å². The molecule has 0 atom stereocenters. The van der Waals surface area contributed by atoms with E-state index in [4.69, 9.17) is 9.72 Å². The molecule has 3 aromatic heterocycles. The Morgan fingerprint density at radius 1 is 0.891 bits per heavy atom. The van der Waals surface area contributed by atoms with Crippen molar-refractivity contribution in [3.63, 3.8) is 0 Å². The van der Waals surface area contributed by atoms with Crippen molar-refractivity contribution in [3.05, 3.63) is 107 Å². The van der Waals surface area contributed by atoms with Crippen LogP contribution in [0.15, 0.2) is 101 Å². The number of rotatable bonds is 9. The van der Waals surface area contributed by atoms with E-state index in [0.29, 0.717) is 67.1 Å². The first-order chi connectivity index (χ1) is 22.4. The number of aromatic amines is 1. The first-order valence-corrected chi connectivity index (χ1v) is 16.7. The molecule has 0 bridgehead atoms. The summed E-state index contributed by atoms with van der Waals surface area (Å²) in [5.74, 6) is 1.49. The molecular weight excluding hydrogens is 602 g/mol. The van der Waals surface area contributed by atoms with Crippen LogP contribution in [0.4, 0.5) is 5.82 Å². The van der Waals surface area contributed by atoms with Gasteiger partial charge in [0.1, 0.15) is 17.4 Å². The number of ether oxygens (including phenoxy) is 1. The molecule has 7 rings (SSSR count). The van der Waals surface area contributed by atoms with Crippen LogP contribution in [0.5, 0.6) is 5.75 Å². The number of fused-ring (bicyclic) bond motifs is 2. The minimum Gasteiger partial charge on any atom is -0.493 e. The Morgan fingerprint density at radius 3 is 2.46 bits per heavy atom. The molecule has 3 aromatic carbocycles. The van der Waals surface area contributed by atoms with E-state index < -0.39 is 10.0 Å². The number of imidazole rings is 1. The second-order valence-electron chi connectivity index (χ2n) is 11.2. The largest absolute Gasteiger partial charge is 0.493 e. The summed E-state index contributed by atoms with van der Waals surface area (Å²) < 4.78 is 37.2. The molecule has 0 unspecified atom stereocenters. The summed E-state index contributed by atoms with van der Waals surface area (Å²) in [7, 11) is -3.84. The van der Waals surface area contributed by atoms with Gasteiger partial charge in [0.2, 0.25) is 10.0 Å². The standard InChI is InChI=1S/C34H33N7O4S/c1-2-18-45-31-12-11-25(46(43,44)41-16-14-39(15-17-41)32-10-6-7-13-35-32)19-27(31)33-37-28-21-29-30(20-26(28)34(42)38-33)40(23-36-29)22-24-8-4-3-5-9-24/h3-13,19-21,23H,2,14-18,22H2,1H3,(H,37,38,42). The highest BCUT2D eigenvalue weighted by atomic mass is 32.2. The van der Waals surface area contributed by atoms with Crippen molar-refractivity contribution in [2.24, 2.45) is 0 Å². The van der Waals surface area contributed by atoms with E-state index in [1.165, 1.54) is 4.31 Å². The van der Waals surface area contributed by atoms with Gasteiger partial charge in [0.05, 0.1) is 45.3 Å². The Bertz CT molecular complexity index is 2180. The quantitative estimate of drug-likeness (QED) is 0.243. The predicted octanol–water partition coefficient (Wildman–Crippen LogP) is 4.68. The summed E-state index contributed by atoms with van der Waals surface area (Å²) in [6, 6.07) is 24.1. The summed E-state index contributed by atoms with van der Waals surface area (Å²) in [4.78, 5) is 32.3. The van der Waals surface area contributed by atoms with Crippen LogP contribution in [0.2, 0.25) is 0 Å². The van der Waals surface area contributed by atoms with E-state index in [9.17, 15) is 13.2 Å². The third-order valence-electron chi connectivity index (χ3n) is 8.16. The fourth-order valence-corrected chi connectivity index (χ4v) is 7.21. The highest BCUT2D eigenvalue weighted by Crippen LogP contribution is 2.33. The molecule has 1 saturated heterocycles. The monoisotopic (exact) mass is 635 g/mol. The Kier molecular flexibility index (Phi) is 7.97. The maximum atomic E-state index is 13.8. The molecule has 0 saturated carbocycles. The van der Waals surface area contributed by atoms with Crippen molar-refractivity contribution in [3.8, 4) is 17.1 Å². The molecule has 0 aliphatic carbocycles. The van der Waals surface area contributed by atoms with Crippen molar-refractivity contribution in [2.75, 3.05) is 37.7 Å². The number of H-pyrrole nitrogens is 1. The number of nitrogens with zero attached hydrogens (tertiary/aromatic N) is 6. The average molecular weight is 636 g/mol. The van der Waals surface area contributed by atoms with Crippen LogP contribution in [-0.4, -0.2) is 70.0 Å². The lowest BCUT2D eigenvalue weighted by atomic mass is 10.1. The summed E-state index contributed by atoms with van der Waals surface area (Å²) in [6.45, 7) is 4.71. The third-order valence-corrected chi connectivity index (χ3v) is 10.1. The average Bonchev–Trinajstić information content (AvgIpc) is 3.48. The molecule has 0 radical (unpaired) electrons. The van der Waals surface area contributed by atoms with E-state index in [2.05, 4.69) is 19.9 Å². The van der Waals surface area contributed by atoms with E-state index in [0.717, 1.165) is 23.3 Å². The van der Waals surface area contributed by atoms with Crippen LogP contribution in [0.1, 0.15) is 18.9 Å². The molecule has 0 amide bonds. The van der Waals surface area contributed by atoms with Crippen molar-refractivity contribution in [2.45, 2.75) is 24.8 Å². The van der Waals surface area contributed by atoms with E-state index in [-0.39, 0.29) is 16.3 Å². The molecule has 1 aliphatic heterocycles. The van der Waals surface area contributed by atoms with Crippen LogP contribution in [0.3, 0.4) is 0 Å². The smallest absolute Gasteiger partial charge is 0.259 e. The van der Waals surface area contributed by atoms with Crippen LogP contribution in [0.25, 0.3) is 33.3 Å². The van der Waals surface area contributed by atoms with E-state index >= 15 is 0 Å². The lowest BCUT2D eigenvalue weighted by Gasteiger charge is -2.34. The fraction of sp³-hybridized carbons (Fsp3) is 0.235. The molecule has 234 valence electrons. The zero-order chi connectivity index (χ0) is 31.7. The number of pyridine rings is 1. The minimum atomic E-state index is -3.84. The number of piperazine rings is 1. The highest BCUT2D eigenvalue weighted by Gasteiger charge is 2.30. The molecule has 1 N–H and O–H groups in total. The molecule has 0 spiro atoms. The van der Waals surface area contributed by atoms with Crippen molar-refractivity contribution < 1.29 is 13.2 Å². The zero-order valence-corrected chi connectivity index (χ0v) is 26.2. The molecule has 46 heavy (non-hydrogen) atoms. The first kappa shape index (κ1) is 29.6. The van der Waals surface area contributed by atoms with Crippen molar-refractivity contribution >= 4 is 37.8 Å². The topological polar surface area (TPSA) is 126 Å². The van der Waals surface area contributed by atoms with Gasteiger partial charge in [-0.05, 0) is 54.4 Å². The molecule has 12 heteroatoms. The summed E-state index contributed by atoms with van der Waals surface area (Å²) in [5, 5.41) is 0.414. The minimum absolute atomic E-state index is 0.107. The SMILES string of the molecule is CCCOc1ccc(S(=O)(=O)N2CCN(c3ccccn3)CC2)cc1-c1nc2cc3ncn(Cc4ccccc4)c3cc2c(=O)[nH]1. The Balaban J connectivity index is 1.23. The second kappa shape index (κ2) is 12.4. The number of aromatic nitrogens is 5. The number of hydrogen-bond donors (Lipinski definition) is 1. The van der Waals surface area contributed by atoms with Crippen LogP contribution in [0, 0.1) is 0 Å². The van der Waals surface area contributed by atoms with Gasteiger partial charge in [-0.25, -0.2) is 23.4 Å². The Labute approximate surface area is 266 Å². The van der Waals surface area contributed by atoms with Gasteiger partial charge >= 0.3 is 0 Å². The van der Waals surface area contributed by atoms with Crippen molar-refractivity contribution in [1.82, 2.24) is 28.8 Å². The van der Waals surface area contributed by atoms with Crippen LogP contribution >= 0.6 is 0 Å². The normalized spacial score (nSPS) is 14.2. The fourth-order valence-electron chi connectivity index (χ4n) is 5.76. The molecule has 4 heterocycles.